The van der Waals surface area contributed by atoms with Crippen molar-refractivity contribution in [3.05, 3.63) is 28.8 Å². The van der Waals surface area contributed by atoms with Gasteiger partial charge in [0.1, 0.15) is 0 Å². The minimum Gasteiger partial charge on any atom is -0.371 e. The van der Waals surface area contributed by atoms with E-state index in [9.17, 15) is 0 Å². The third-order valence-corrected chi connectivity index (χ3v) is 3.56. The summed E-state index contributed by atoms with van der Waals surface area (Å²) in [5, 5.41) is 0.781. The lowest BCUT2D eigenvalue weighted by Crippen LogP contribution is -2.25. The number of guanidine groups is 1. The van der Waals surface area contributed by atoms with E-state index in [1.54, 1.807) is 0 Å². The van der Waals surface area contributed by atoms with Gasteiger partial charge >= 0.3 is 0 Å². The summed E-state index contributed by atoms with van der Waals surface area (Å²) in [6.07, 6.45) is 1.11. The van der Waals surface area contributed by atoms with Gasteiger partial charge in [-0.1, -0.05) is 17.7 Å². The fraction of sp³-hybridized carbons (Fsp3) is 0.462. The number of aliphatic imine (C=N–C) groups is 1. The molecule has 4 nitrogen and oxygen atoms in total. The van der Waals surface area contributed by atoms with Gasteiger partial charge in [0, 0.05) is 30.3 Å². The Balaban J connectivity index is 0.00000180. The van der Waals surface area contributed by atoms with Crippen LogP contribution in [-0.4, -0.2) is 25.6 Å². The number of hydrogen-bond acceptors (Lipinski definition) is 2. The molecule has 1 aromatic rings. The molecule has 0 bridgehead atoms. The maximum atomic E-state index is 6.05. The summed E-state index contributed by atoms with van der Waals surface area (Å²) in [5.74, 6) is 0.692. The van der Waals surface area contributed by atoms with E-state index in [0.29, 0.717) is 12.5 Å². The SMILES string of the molecule is Cc1ccc(Cl)cc1N1CCC(CN=C(N)N)C1.I. The molecule has 19 heavy (non-hydrogen) atoms. The van der Waals surface area contributed by atoms with Gasteiger partial charge in [-0.3, -0.25) is 4.99 Å². The highest BCUT2D eigenvalue weighted by atomic mass is 127. The van der Waals surface area contributed by atoms with E-state index in [4.69, 9.17) is 23.1 Å². The van der Waals surface area contributed by atoms with Crippen LogP contribution in [0.5, 0.6) is 0 Å². The third kappa shape index (κ3) is 4.42. The second-order valence-electron chi connectivity index (χ2n) is 4.80. The fourth-order valence-corrected chi connectivity index (χ4v) is 2.52. The molecule has 106 valence electrons. The van der Waals surface area contributed by atoms with Gasteiger partial charge in [0.05, 0.1) is 0 Å². The van der Waals surface area contributed by atoms with Crippen molar-refractivity contribution in [2.45, 2.75) is 13.3 Å². The van der Waals surface area contributed by atoms with E-state index < -0.39 is 0 Å². The first-order valence-electron chi connectivity index (χ1n) is 6.13. The molecule has 0 spiro atoms. The molecule has 1 atom stereocenters. The van der Waals surface area contributed by atoms with Crippen LogP contribution >= 0.6 is 35.6 Å². The minimum absolute atomic E-state index is 0. The van der Waals surface area contributed by atoms with Crippen LogP contribution in [0.25, 0.3) is 0 Å². The van der Waals surface area contributed by atoms with E-state index >= 15 is 0 Å². The first kappa shape index (κ1) is 16.4. The van der Waals surface area contributed by atoms with Gasteiger partial charge in [-0.2, -0.15) is 0 Å². The van der Waals surface area contributed by atoms with Crippen LogP contribution in [0, 0.1) is 12.8 Å². The maximum absolute atomic E-state index is 6.05. The zero-order valence-corrected chi connectivity index (χ0v) is 14.1. The number of anilines is 1. The standard InChI is InChI=1S/C13H19ClN4.HI/c1-9-2-3-11(14)6-12(9)18-5-4-10(8-18)7-17-13(15)16;/h2-3,6,10H,4-5,7-8H2,1H3,(H4,15,16,17);1H. The fourth-order valence-electron chi connectivity index (χ4n) is 2.36. The lowest BCUT2D eigenvalue weighted by atomic mass is 10.1. The molecular weight excluding hydrogens is 375 g/mol. The van der Waals surface area contributed by atoms with Gasteiger partial charge < -0.3 is 16.4 Å². The topological polar surface area (TPSA) is 67.6 Å². The number of hydrogen-bond donors (Lipinski definition) is 2. The van der Waals surface area contributed by atoms with Crippen molar-refractivity contribution in [1.82, 2.24) is 0 Å². The summed E-state index contributed by atoms with van der Waals surface area (Å²) in [7, 11) is 0. The first-order valence-corrected chi connectivity index (χ1v) is 6.50. The van der Waals surface area contributed by atoms with Crippen molar-refractivity contribution in [2.24, 2.45) is 22.4 Å². The molecule has 1 saturated heterocycles. The monoisotopic (exact) mass is 394 g/mol. The van der Waals surface area contributed by atoms with E-state index in [1.165, 1.54) is 11.3 Å². The molecule has 4 N–H and O–H groups in total. The van der Waals surface area contributed by atoms with Crippen molar-refractivity contribution in [3.8, 4) is 0 Å². The number of nitrogens with two attached hydrogens (primary N) is 2. The third-order valence-electron chi connectivity index (χ3n) is 3.33. The number of aryl methyl sites for hydroxylation is 1. The molecule has 0 saturated carbocycles. The normalized spacial score (nSPS) is 18.0. The average Bonchev–Trinajstić information content (AvgIpc) is 2.78. The quantitative estimate of drug-likeness (QED) is 0.470. The highest BCUT2D eigenvalue weighted by molar-refractivity contribution is 14.0. The molecule has 1 unspecified atom stereocenters. The Bertz CT molecular complexity index is 460. The van der Waals surface area contributed by atoms with Crippen LogP contribution in [0.2, 0.25) is 5.02 Å². The van der Waals surface area contributed by atoms with Gasteiger partial charge in [0.15, 0.2) is 5.96 Å². The number of nitrogens with zero attached hydrogens (tertiary/aromatic N) is 2. The van der Waals surface area contributed by atoms with Crippen LogP contribution < -0.4 is 16.4 Å². The van der Waals surface area contributed by atoms with Crippen LogP contribution in [0.4, 0.5) is 5.69 Å². The van der Waals surface area contributed by atoms with Crippen LogP contribution in [-0.2, 0) is 0 Å². The van der Waals surface area contributed by atoms with Gasteiger partial charge in [-0.25, -0.2) is 0 Å². The molecule has 1 fully saturated rings. The van der Waals surface area contributed by atoms with Gasteiger partial charge in [0.25, 0.3) is 0 Å². The lowest BCUT2D eigenvalue weighted by molar-refractivity contribution is 0.603. The van der Waals surface area contributed by atoms with Crippen molar-refractivity contribution in [2.75, 3.05) is 24.5 Å². The van der Waals surface area contributed by atoms with E-state index in [0.717, 1.165) is 24.5 Å². The Kier molecular flexibility index (Phi) is 6.19. The number of rotatable bonds is 3. The zero-order chi connectivity index (χ0) is 13.1. The van der Waals surface area contributed by atoms with Crippen molar-refractivity contribution in [1.29, 1.82) is 0 Å². The van der Waals surface area contributed by atoms with Crippen molar-refractivity contribution < 1.29 is 0 Å². The van der Waals surface area contributed by atoms with E-state index in [2.05, 4.69) is 22.9 Å². The molecule has 1 aliphatic rings. The number of halogens is 2. The molecule has 0 aliphatic carbocycles. The summed E-state index contributed by atoms with van der Waals surface area (Å²) in [5.41, 5.74) is 13.2. The summed E-state index contributed by atoms with van der Waals surface area (Å²) in [6.45, 7) is 4.83. The molecule has 6 heteroatoms. The molecule has 0 radical (unpaired) electrons. The number of benzene rings is 1. The Morgan fingerprint density at radius 1 is 1.47 bits per heavy atom. The van der Waals surface area contributed by atoms with Crippen LogP contribution in [0.3, 0.4) is 0 Å². The van der Waals surface area contributed by atoms with Crippen molar-refractivity contribution >= 4 is 47.2 Å². The molecular formula is C13H20ClIN4. The Hall–Kier alpha value is -0.690. The summed E-state index contributed by atoms with van der Waals surface area (Å²) >= 11 is 6.05. The molecule has 0 aromatic heterocycles. The Morgan fingerprint density at radius 3 is 2.89 bits per heavy atom. The molecule has 2 rings (SSSR count). The summed E-state index contributed by atoms with van der Waals surface area (Å²) < 4.78 is 0. The summed E-state index contributed by atoms with van der Waals surface area (Å²) in [6, 6.07) is 6.01. The predicted octanol–water partition coefficient (Wildman–Crippen LogP) is 2.37. The predicted molar refractivity (Wildman–Crippen MR) is 92.6 cm³/mol. The maximum Gasteiger partial charge on any atom is 0.185 e. The second-order valence-corrected chi connectivity index (χ2v) is 5.23. The zero-order valence-electron chi connectivity index (χ0n) is 11.0. The van der Waals surface area contributed by atoms with Crippen molar-refractivity contribution in [3.63, 3.8) is 0 Å². The minimum atomic E-state index is 0. The van der Waals surface area contributed by atoms with Gasteiger partial charge in [-0.15, -0.1) is 24.0 Å². The van der Waals surface area contributed by atoms with Crippen LogP contribution in [0.1, 0.15) is 12.0 Å². The molecule has 1 heterocycles. The molecule has 1 aromatic carbocycles. The Morgan fingerprint density at radius 2 is 2.21 bits per heavy atom. The first-order chi connectivity index (χ1) is 8.56. The lowest BCUT2D eigenvalue weighted by Gasteiger charge is -2.21. The average molecular weight is 395 g/mol. The summed E-state index contributed by atoms with van der Waals surface area (Å²) in [4.78, 5) is 6.45. The smallest absolute Gasteiger partial charge is 0.185 e. The molecule has 0 amide bonds. The highest BCUT2D eigenvalue weighted by Gasteiger charge is 2.23. The van der Waals surface area contributed by atoms with E-state index in [-0.39, 0.29) is 29.9 Å². The largest absolute Gasteiger partial charge is 0.371 e. The second kappa shape index (κ2) is 7.19. The van der Waals surface area contributed by atoms with Gasteiger partial charge in [-0.05, 0) is 37.0 Å². The Labute approximate surface area is 136 Å². The molecule has 1 aliphatic heterocycles. The van der Waals surface area contributed by atoms with Crippen LogP contribution in [0.15, 0.2) is 23.2 Å². The van der Waals surface area contributed by atoms with Gasteiger partial charge in [0.2, 0.25) is 0 Å². The van der Waals surface area contributed by atoms with E-state index in [1.807, 2.05) is 12.1 Å². The highest BCUT2D eigenvalue weighted by Crippen LogP contribution is 2.29.